The minimum absolute atomic E-state index is 0.290. The van der Waals surface area contributed by atoms with Crippen LogP contribution in [0.5, 0.6) is 0 Å². The van der Waals surface area contributed by atoms with Crippen LogP contribution < -0.4 is 10.0 Å². The van der Waals surface area contributed by atoms with Crippen molar-refractivity contribution in [3.63, 3.8) is 0 Å². The van der Waals surface area contributed by atoms with Crippen molar-refractivity contribution in [3.8, 4) is 0 Å². The van der Waals surface area contributed by atoms with Gasteiger partial charge in [-0.05, 0) is 36.6 Å². The van der Waals surface area contributed by atoms with Crippen LogP contribution in [-0.4, -0.2) is 22.7 Å². The van der Waals surface area contributed by atoms with Crippen LogP contribution in [0.3, 0.4) is 0 Å². The number of carbonyl (C=O) groups excluding carboxylic acids is 2. The Labute approximate surface area is 126 Å². The number of aryl methyl sites for hydroxylation is 1. The molecule has 106 valence electrons. The number of primary amides is 1. The van der Waals surface area contributed by atoms with Crippen molar-refractivity contribution in [2.24, 2.45) is 5.73 Å². The van der Waals surface area contributed by atoms with Gasteiger partial charge < -0.3 is 5.73 Å². The van der Waals surface area contributed by atoms with Gasteiger partial charge in [-0.1, -0.05) is 24.3 Å². The third-order valence-corrected chi connectivity index (χ3v) is 4.43. The molecule has 0 bridgehead atoms. The highest BCUT2D eigenvalue weighted by Gasteiger charge is 2.39. The molecule has 2 aromatic rings. The van der Waals surface area contributed by atoms with Gasteiger partial charge in [-0.3, -0.25) is 13.9 Å². The molecule has 0 radical (unpaired) electrons. The predicted molar refractivity (Wildman–Crippen MR) is 81.1 cm³/mol. The second-order valence-electron chi connectivity index (χ2n) is 4.73. The number of Topliss-reactive ketones (excluding diaryl/α,β-unsaturated/α-hetero) is 1. The van der Waals surface area contributed by atoms with Crippen molar-refractivity contribution in [1.82, 2.24) is 4.98 Å². The fourth-order valence-corrected chi connectivity index (χ4v) is 3.48. The fraction of sp³-hybridized carbons (Fsp3) is 0.133. The first kappa shape index (κ1) is 13.6. The second kappa shape index (κ2) is 5.21. The lowest BCUT2D eigenvalue weighted by Crippen LogP contribution is -2.49. The lowest BCUT2D eigenvalue weighted by molar-refractivity contribution is -0.118. The van der Waals surface area contributed by atoms with Crippen LogP contribution in [0.2, 0.25) is 0 Å². The zero-order valence-electron chi connectivity index (χ0n) is 11.3. The summed E-state index contributed by atoms with van der Waals surface area (Å²) in [5, 5.41) is 0. The highest BCUT2D eigenvalue weighted by Crippen LogP contribution is 2.38. The number of amides is 1. The van der Waals surface area contributed by atoms with E-state index in [1.807, 2.05) is 31.2 Å². The van der Waals surface area contributed by atoms with Crippen molar-refractivity contribution in [3.05, 3.63) is 53.7 Å². The van der Waals surface area contributed by atoms with Crippen molar-refractivity contribution in [2.75, 3.05) is 4.31 Å². The summed E-state index contributed by atoms with van der Waals surface area (Å²) in [6, 6.07) is 9.83. The van der Waals surface area contributed by atoms with E-state index in [2.05, 4.69) is 4.98 Å². The van der Waals surface area contributed by atoms with E-state index in [4.69, 9.17) is 5.73 Å². The number of anilines is 1. The predicted octanol–water partition coefficient (Wildman–Crippen LogP) is 1.95. The first-order valence-corrected chi connectivity index (χ1v) is 7.18. The molecule has 1 atom stereocenters. The average Bonchev–Trinajstić information content (AvgIpc) is 2.47. The van der Waals surface area contributed by atoms with Gasteiger partial charge in [0.15, 0.2) is 11.8 Å². The summed E-state index contributed by atoms with van der Waals surface area (Å²) in [5.41, 5.74) is 6.85. The standard InChI is InChI=1S/C15H13N3O2S/c1-9-5-4-8-17-15(9)18-12(14(16)20)13(19)10-6-2-3-7-11(10)21-18/h2-8,12H,1H3,(H2,16,20). The molecule has 1 aliphatic rings. The SMILES string of the molecule is Cc1cccnc1N1Sc2ccccc2C(=O)C1C(N)=O. The Morgan fingerprint density at radius 2 is 2.05 bits per heavy atom. The monoisotopic (exact) mass is 299 g/mol. The number of nitrogens with two attached hydrogens (primary N) is 1. The highest BCUT2D eigenvalue weighted by atomic mass is 32.2. The number of carbonyl (C=O) groups is 2. The van der Waals surface area contributed by atoms with Crippen molar-refractivity contribution in [1.29, 1.82) is 0 Å². The number of hydrogen-bond acceptors (Lipinski definition) is 5. The molecular weight excluding hydrogens is 286 g/mol. The Bertz CT molecular complexity index is 732. The van der Waals surface area contributed by atoms with Gasteiger partial charge in [-0.2, -0.15) is 0 Å². The molecule has 1 unspecified atom stereocenters. The van der Waals surface area contributed by atoms with Gasteiger partial charge in [0.25, 0.3) is 0 Å². The summed E-state index contributed by atoms with van der Waals surface area (Å²) in [6.45, 7) is 1.88. The quantitative estimate of drug-likeness (QED) is 0.677. The first-order chi connectivity index (χ1) is 10.1. The normalized spacial score (nSPS) is 17.5. The summed E-state index contributed by atoms with van der Waals surface area (Å²) in [7, 11) is 0. The van der Waals surface area contributed by atoms with E-state index in [9.17, 15) is 9.59 Å². The molecule has 1 aromatic carbocycles. The second-order valence-corrected chi connectivity index (χ2v) is 5.74. The molecule has 1 aliphatic heterocycles. The molecule has 5 nitrogen and oxygen atoms in total. The maximum absolute atomic E-state index is 12.6. The minimum atomic E-state index is -1.04. The summed E-state index contributed by atoms with van der Waals surface area (Å²) in [4.78, 5) is 29.4. The summed E-state index contributed by atoms with van der Waals surface area (Å²) < 4.78 is 1.60. The van der Waals surface area contributed by atoms with Gasteiger partial charge in [0.1, 0.15) is 5.82 Å². The largest absolute Gasteiger partial charge is 0.367 e. The van der Waals surface area contributed by atoms with Crippen LogP contribution in [0.4, 0.5) is 5.82 Å². The van der Waals surface area contributed by atoms with Gasteiger partial charge in [0.05, 0.1) is 0 Å². The molecule has 3 rings (SSSR count). The number of fused-ring (bicyclic) bond motifs is 1. The van der Waals surface area contributed by atoms with Crippen molar-refractivity contribution >= 4 is 29.5 Å². The Balaban J connectivity index is 2.14. The molecule has 0 saturated carbocycles. The Morgan fingerprint density at radius 3 is 2.76 bits per heavy atom. The van der Waals surface area contributed by atoms with Gasteiger partial charge in [-0.25, -0.2) is 4.98 Å². The fourth-order valence-electron chi connectivity index (χ4n) is 2.28. The number of aromatic nitrogens is 1. The molecular formula is C15H13N3O2S. The molecule has 0 aliphatic carbocycles. The molecule has 6 heteroatoms. The van der Waals surface area contributed by atoms with Crippen LogP contribution in [0.15, 0.2) is 47.5 Å². The van der Waals surface area contributed by atoms with Crippen LogP contribution in [0, 0.1) is 6.92 Å². The molecule has 0 saturated heterocycles. The Morgan fingerprint density at radius 1 is 1.29 bits per heavy atom. The van der Waals surface area contributed by atoms with Crippen LogP contribution >= 0.6 is 11.9 Å². The molecule has 1 aromatic heterocycles. The number of benzene rings is 1. The summed E-state index contributed by atoms with van der Waals surface area (Å²) >= 11 is 1.31. The Hall–Kier alpha value is -2.34. The molecule has 2 N–H and O–H groups in total. The number of pyridine rings is 1. The van der Waals surface area contributed by atoms with Crippen LogP contribution in [-0.2, 0) is 4.79 Å². The maximum atomic E-state index is 12.6. The zero-order chi connectivity index (χ0) is 15.0. The smallest absolute Gasteiger partial charge is 0.249 e. The van der Waals surface area contributed by atoms with Crippen LogP contribution in [0.25, 0.3) is 0 Å². The van der Waals surface area contributed by atoms with E-state index >= 15 is 0 Å². The lowest BCUT2D eigenvalue weighted by atomic mass is 10.0. The number of nitrogens with zero attached hydrogens (tertiary/aromatic N) is 2. The summed E-state index contributed by atoms with van der Waals surface area (Å²) in [5.74, 6) is -0.386. The van der Waals surface area contributed by atoms with E-state index in [0.29, 0.717) is 11.4 Å². The first-order valence-electron chi connectivity index (χ1n) is 6.41. The van der Waals surface area contributed by atoms with E-state index in [1.54, 1.807) is 22.6 Å². The van der Waals surface area contributed by atoms with Gasteiger partial charge >= 0.3 is 0 Å². The third kappa shape index (κ3) is 2.27. The number of rotatable bonds is 2. The van der Waals surface area contributed by atoms with E-state index in [-0.39, 0.29) is 5.78 Å². The van der Waals surface area contributed by atoms with E-state index in [1.165, 1.54) is 11.9 Å². The van der Waals surface area contributed by atoms with Crippen molar-refractivity contribution < 1.29 is 9.59 Å². The topological polar surface area (TPSA) is 76.3 Å². The van der Waals surface area contributed by atoms with Gasteiger partial charge in [0.2, 0.25) is 5.91 Å². The average molecular weight is 299 g/mol. The molecule has 2 heterocycles. The maximum Gasteiger partial charge on any atom is 0.249 e. The van der Waals surface area contributed by atoms with E-state index in [0.717, 1.165) is 10.5 Å². The molecule has 0 fully saturated rings. The zero-order valence-corrected chi connectivity index (χ0v) is 12.1. The Kier molecular flexibility index (Phi) is 3.39. The minimum Gasteiger partial charge on any atom is -0.367 e. The molecule has 0 spiro atoms. The summed E-state index contributed by atoms with van der Waals surface area (Å²) in [6.07, 6.45) is 1.63. The molecule has 21 heavy (non-hydrogen) atoms. The molecule has 1 amide bonds. The highest BCUT2D eigenvalue weighted by molar-refractivity contribution is 8.01. The lowest BCUT2D eigenvalue weighted by Gasteiger charge is -2.33. The van der Waals surface area contributed by atoms with Gasteiger partial charge in [-0.15, -0.1) is 0 Å². The van der Waals surface area contributed by atoms with Gasteiger partial charge in [0, 0.05) is 16.7 Å². The van der Waals surface area contributed by atoms with Crippen LogP contribution in [0.1, 0.15) is 15.9 Å². The number of hydrogen-bond donors (Lipinski definition) is 1. The van der Waals surface area contributed by atoms with Crippen molar-refractivity contribution in [2.45, 2.75) is 17.9 Å². The third-order valence-electron chi connectivity index (χ3n) is 3.29. The number of ketones is 1. The van der Waals surface area contributed by atoms with E-state index < -0.39 is 11.9 Å².